The lowest BCUT2D eigenvalue weighted by molar-refractivity contribution is 0.0695. The van der Waals surface area contributed by atoms with Gasteiger partial charge in [0.15, 0.2) is 0 Å². The molecule has 0 fully saturated rings. The Morgan fingerprint density at radius 3 is 2.71 bits per heavy atom. The fraction of sp³-hybridized carbons (Fsp3) is 0.545. The van der Waals surface area contributed by atoms with Crippen molar-refractivity contribution in [2.45, 2.75) is 25.5 Å². The number of rotatable bonds is 5. The summed E-state index contributed by atoms with van der Waals surface area (Å²) in [6.07, 6.45) is 3.38. The van der Waals surface area contributed by atoms with Crippen LogP contribution in [0.15, 0.2) is 6.20 Å². The lowest BCUT2D eigenvalue weighted by Crippen LogP contribution is -2.26. The van der Waals surface area contributed by atoms with Gasteiger partial charge in [-0.1, -0.05) is 0 Å². The van der Waals surface area contributed by atoms with Crippen molar-refractivity contribution < 1.29 is 9.90 Å². The van der Waals surface area contributed by atoms with Crippen molar-refractivity contribution in [2.24, 2.45) is 0 Å². The van der Waals surface area contributed by atoms with E-state index in [2.05, 4.69) is 29.1 Å². The fourth-order valence-corrected chi connectivity index (χ4v) is 1.34. The summed E-state index contributed by atoms with van der Waals surface area (Å²) < 4.78 is 0.0860. The number of nitrogens with zero attached hydrogens (tertiary/aromatic N) is 2. The van der Waals surface area contributed by atoms with Crippen LogP contribution >= 0.6 is 11.8 Å². The van der Waals surface area contributed by atoms with Crippen LogP contribution in [0.4, 0.5) is 5.95 Å². The number of carboxylic acid groups (broad SMARTS) is 1. The van der Waals surface area contributed by atoms with E-state index in [1.807, 2.05) is 6.26 Å². The van der Waals surface area contributed by atoms with E-state index in [9.17, 15) is 4.79 Å². The van der Waals surface area contributed by atoms with Crippen molar-refractivity contribution in [3.63, 3.8) is 0 Å². The number of carbonyl (C=O) groups is 1. The molecule has 5 nitrogen and oxygen atoms in total. The number of aromatic nitrogens is 2. The maximum Gasteiger partial charge on any atom is 0.339 e. The molecule has 0 atom stereocenters. The molecule has 0 amide bonds. The zero-order valence-electron chi connectivity index (χ0n) is 10.4. The van der Waals surface area contributed by atoms with E-state index in [0.29, 0.717) is 11.6 Å². The van der Waals surface area contributed by atoms with Gasteiger partial charge in [-0.05, 0) is 27.0 Å². The average Bonchev–Trinajstić information content (AvgIpc) is 2.26. The van der Waals surface area contributed by atoms with Crippen LogP contribution in [0.2, 0.25) is 0 Å². The molecule has 0 spiro atoms. The van der Waals surface area contributed by atoms with E-state index in [1.165, 1.54) is 6.20 Å². The second kappa shape index (κ2) is 5.35. The Hall–Kier alpha value is -1.30. The summed E-state index contributed by atoms with van der Waals surface area (Å²) in [6.45, 7) is 6.61. The second-order valence-electron chi connectivity index (χ2n) is 4.32. The van der Waals surface area contributed by atoms with Crippen LogP contribution in [0.25, 0.3) is 0 Å². The molecule has 0 saturated heterocycles. The summed E-state index contributed by atoms with van der Waals surface area (Å²) in [4.78, 5) is 18.9. The van der Waals surface area contributed by atoms with Crippen molar-refractivity contribution in [2.75, 3.05) is 18.1 Å². The highest BCUT2D eigenvalue weighted by Crippen LogP contribution is 2.21. The van der Waals surface area contributed by atoms with Gasteiger partial charge in [0.05, 0.1) is 11.3 Å². The van der Waals surface area contributed by atoms with Crippen LogP contribution in [-0.2, 0) is 0 Å². The maximum absolute atomic E-state index is 10.8. The van der Waals surface area contributed by atoms with Gasteiger partial charge in [-0.15, -0.1) is 0 Å². The van der Waals surface area contributed by atoms with Gasteiger partial charge in [-0.3, -0.25) is 0 Å². The van der Waals surface area contributed by atoms with Crippen LogP contribution < -0.4 is 5.32 Å². The van der Waals surface area contributed by atoms with Gasteiger partial charge in [-0.25, -0.2) is 14.8 Å². The van der Waals surface area contributed by atoms with E-state index >= 15 is 0 Å². The number of nitrogens with one attached hydrogen (secondary N) is 1. The summed E-state index contributed by atoms with van der Waals surface area (Å²) in [7, 11) is 0. The molecule has 0 saturated carbocycles. The topological polar surface area (TPSA) is 75.1 Å². The number of aromatic carboxylic acids is 1. The predicted octanol–water partition coefficient (Wildman–Crippen LogP) is 2.04. The SMILES string of the molecule is CSC(C)(C)CNc1ncc(C(=O)O)c(C)n1. The van der Waals surface area contributed by atoms with E-state index in [0.717, 1.165) is 6.54 Å². The monoisotopic (exact) mass is 255 g/mol. The molecule has 2 N–H and O–H groups in total. The number of carboxylic acids is 1. The first kappa shape index (κ1) is 13.8. The van der Waals surface area contributed by atoms with Crippen LogP contribution in [0, 0.1) is 6.92 Å². The van der Waals surface area contributed by atoms with Crippen molar-refractivity contribution in [1.82, 2.24) is 9.97 Å². The van der Waals surface area contributed by atoms with Crippen molar-refractivity contribution >= 4 is 23.7 Å². The Labute approximate surface area is 105 Å². The molecule has 0 unspecified atom stereocenters. The Balaban J connectivity index is 2.75. The Kier molecular flexibility index (Phi) is 4.34. The molecule has 94 valence electrons. The Bertz CT molecular complexity index is 421. The van der Waals surface area contributed by atoms with E-state index in [4.69, 9.17) is 5.11 Å². The molecule has 1 aromatic heterocycles. The standard InChI is InChI=1S/C11H17N3O2S/c1-7-8(9(15)16)5-12-10(14-7)13-6-11(2,3)17-4/h5H,6H2,1-4H3,(H,15,16)(H,12,13,14). The number of anilines is 1. The van der Waals surface area contributed by atoms with E-state index in [1.54, 1.807) is 18.7 Å². The first-order valence-corrected chi connectivity index (χ1v) is 6.44. The first-order chi connectivity index (χ1) is 7.85. The third kappa shape index (κ3) is 3.89. The lowest BCUT2D eigenvalue weighted by Gasteiger charge is -2.22. The third-order valence-electron chi connectivity index (χ3n) is 2.43. The fourth-order valence-electron chi connectivity index (χ4n) is 1.13. The largest absolute Gasteiger partial charge is 0.478 e. The van der Waals surface area contributed by atoms with Crippen molar-refractivity contribution in [3.05, 3.63) is 17.5 Å². The van der Waals surface area contributed by atoms with E-state index in [-0.39, 0.29) is 10.3 Å². The minimum absolute atomic E-state index is 0.0860. The first-order valence-electron chi connectivity index (χ1n) is 5.21. The lowest BCUT2D eigenvalue weighted by atomic mass is 10.2. The molecule has 1 heterocycles. The summed E-state index contributed by atoms with van der Waals surface area (Å²) in [6, 6.07) is 0. The van der Waals surface area contributed by atoms with Crippen LogP contribution in [-0.4, -0.2) is 38.6 Å². The number of hydrogen-bond acceptors (Lipinski definition) is 5. The molecule has 1 rings (SSSR count). The van der Waals surface area contributed by atoms with Gasteiger partial charge >= 0.3 is 5.97 Å². The van der Waals surface area contributed by atoms with Crippen LogP contribution in [0.5, 0.6) is 0 Å². The van der Waals surface area contributed by atoms with Crippen LogP contribution in [0.3, 0.4) is 0 Å². The zero-order valence-corrected chi connectivity index (χ0v) is 11.3. The predicted molar refractivity (Wildman–Crippen MR) is 69.8 cm³/mol. The molecular formula is C11H17N3O2S. The molecule has 0 aromatic carbocycles. The van der Waals surface area contributed by atoms with Crippen LogP contribution in [0.1, 0.15) is 29.9 Å². The van der Waals surface area contributed by atoms with Gasteiger partial charge < -0.3 is 10.4 Å². The third-order valence-corrected chi connectivity index (χ3v) is 3.68. The zero-order chi connectivity index (χ0) is 13.1. The number of thioether (sulfide) groups is 1. The summed E-state index contributed by atoms with van der Waals surface area (Å²) in [5.74, 6) is -0.534. The van der Waals surface area contributed by atoms with Crippen molar-refractivity contribution in [1.29, 1.82) is 0 Å². The molecule has 0 bridgehead atoms. The van der Waals surface area contributed by atoms with Gasteiger partial charge in [-0.2, -0.15) is 11.8 Å². The minimum Gasteiger partial charge on any atom is -0.478 e. The highest BCUT2D eigenvalue weighted by molar-refractivity contribution is 7.99. The van der Waals surface area contributed by atoms with Gasteiger partial charge in [0, 0.05) is 17.5 Å². The van der Waals surface area contributed by atoms with Gasteiger partial charge in [0.1, 0.15) is 0 Å². The second-order valence-corrected chi connectivity index (χ2v) is 5.83. The molecule has 0 aliphatic rings. The summed E-state index contributed by atoms with van der Waals surface area (Å²) in [5.41, 5.74) is 0.608. The summed E-state index contributed by atoms with van der Waals surface area (Å²) >= 11 is 1.75. The molecule has 0 aliphatic carbocycles. The molecular weight excluding hydrogens is 238 g/mol. The normalized spacial score (nSPS) is 11.3. The maximum atomic E-state index is 10.8. The minimum atomic E-state index is -1.00. The quantitative estimate of drug-likeness (QED) is 0.838. The van der Waals surface area contributed by atoms with Crippen molar-refractivity contribution in [3.8, 4) is 0 Å². The molecule has 17 heavy (non-hydrogen) atoms. The Morgan fingerprint density at radius 1 is 1.59 bits per heavy atom. The molecule has 0 aliphatic heterocycles. The molecule has 6 heteroatoms. The Morgan fingerprint density at radius 2 is 2.24 bits per heavy atom. The average molecular weight is 255 g/mol. The van der Waals surface area contributed by atoms with Gasteiger partial charge in [0.25, 0.3) is 0 Å². The highest BCUT2D eigenvalue weighted by atomic mass is 32.2. The summed E-state index contributed by atoms with van der Waals surface area (Å²) in [5, 5.41) is 12.0. The van der Waals surface area contributed by atoms with E-state index < -0.39 is 5.97 Å². The molecule has 1 aromatic rings. The number of hydrogen-bond donors (Lipinski definition) is 2. The smallest absolute Gasteiger partial charge is 0.339 e. The number of aryl methyl sites for hydroxylation is 1. The highest BCUT2D eigenvalue weighted by Gasteiger charge is 2.16. The molecule has 0 radical (unpaired) electrons. The van der Waals surface area contributed by atoms with Gasteiger partial charge in [0.2, 0.25) is 5.95 Å².